The fourth-order valence-corrected chi connectivity index (χ4v) is 1.80. The van der Waals surface area contributed by atoms with E-state index in [2.05, 4.69) is 5.32 Å². The molecule has 1 aromatic heterocycles. The van der Waals surface area contributed by atoms with E-state index in [0.717, 1.165) is 25.0 Å². The van der Waals surface area contributed by atoms with Crippen molar-refractivity contribution in [3.05, 3.63) is 53.5 Å². The highest BCUT2D eigenvalue weighted by Crippen LogP contribution is 2.21. The quantitative estimate of drug-likeness (QED) is 0.922. The van der Waals surface area contributed by atoms with E-state index in [4.69, 9.17) is 9.15 Å². The van der Waals surface area contributed by atoms with Crippen LogP contribution in [0.25, 0.3) is 0 Å². The van der Waals surface area contributed by atoms with E-state index < -0.39 is 11.6 Å². The Morgan fingerprint density at radius 2 is 2.10 bits per heavy atom. The van der Waals surface area contributed by atoms with E-state index in [1.165, 1.54) is 12.1 Å². The molecule has 0 bridgehead atoms. The zero-order valence-corrected chi connectivity index (χ0v) is 11.1. The molecule has 0 unspecified atom stereocenters. The van der Waals surface area contributed by atoms with Crippen LogP contribution in [0.15, 0.2) is 34.7 Å². The van der Waals surface area contributed by atoms with E-state index in [1.807, 2.05) is 0 Å². The normalized spacial score (nSPS) is 14.0. The lowest BCUT2D eigenvalue weighted by Crippen LogP contribution is -2.24. The van der Waals surface area contributed by atoms with Gasteiger partial charge in [0.2, 0.25) is 0 Å². The lowest BCUT2D eigenvalue weighted by Gasteiger charge is -2.05. The number of carbonyl (C=O) groups excluding carboxylic acids is 1. The monoisotopic (exact) mass is 293 g/mol. The molecule has 1 aliphatic rings. The summed E-state index contributed by atoms with van der Waals surface area (Å²) in [7, 11) is 0. The number of amides is 1. The SMILES string of the molecule is O=C(NC1CC1)c1ccc(COc2ccc(F)cc2F)o1. The Morgan fingerprint density at radius 1 is 1.29 bits per heavy atom. The second-order valence-electron chi connectivity index (χ2n) is 4.88. The maximum absolute atomic E-state index is 13.4. The van der Waals surface area contributed by atoms with Gasteiger partial charge in [-0.15, -0.1) is 0 Å². The van der Waals surface area contributed by atoms with Gasteiger partial charge in [-0.3, -0.25) is 4.79 Å². The number of halogens is 2. The average molecular weight is 293 g/mol. The van der Waals surface area contributed by atoms with Gasteiger partial charge in [-0.2, -0.15) is 0 Å². The number of hydrogen-bond donors (Lipinski definition) is 1. The van der Waals surface area contributed by atoms with Crippen molar-refractivity contribution in [1.82, 2.24) is 5.32 Å². The molecular weight excluding hydrogens is 280 g/mol. The zero-order chi connectivity index (χ0) is 14.8. The Balaban J connectivity index is 1.60. The molecule has 1 heterocycles. The van der Waals surface area contributed by atoms with Gasteiger partial charge in [0.15, 0.2) is 17.3 Å². The minimum atomic E-state index is -0.784. The van der Waals surface area contributed by atoms with Crippen molar-refractivity contribution in [2.24, 2.45) is 0 Å². The van der Waals surface area contributed by atoms with Crippen LogP contribution in [-0.4, -0.2) is 11.9 Å². The van der Waals surface area contributed by atoms with Crippen LogP contribution < -0.4 is 10.1 Å². The van der Waals surface area contributed by atoms with Crippen LogP contribution in [0.2, 0.25) is 0 Å². The second-order valence-corrected chi connectivity index (χ2v) is 4.88. The van der Waals surface area contributed by atoms with Crippen LogP contribution in [0.5, 0.6) is 5.75 Å². The fraction of sp³-hybridized carbons (Fsp3) is 0.267. The van der Waals surface area contributed by atoms with E-state index in [0.29, 0.717) is 5.76 Å². The van der Waals surface area contributed by atoms with Crippen LogP contribution in [0, 0.1) is 11.6 Å². The fourth-order valence-electron chi connectivity index (χ4n) is 1.80. The van der Waals surface area contributed by atoms with E-state index in [-0.39, 0.29) is 30.1 Å². The van der Waals surface area contributed by atoms with Gasteiger partial charge in [-0.1, -0.05) is 0 Å². The minimum Gasteiger partial charge on any atom is -0.483 e. The van der Waals surface area contributed by atoms with Crippen molar-refractivity contribution < 1.29 is 22.7 Å². The number of nitrogens with one attached hydrogen (secondary N) is 1. The molecule has 0 saturated heterocycles. The van der Waals surface area contributed by atoms with Gasteiger partial charge in [0.1, 0.15) is 18.2 Å². The summed E-state index contributed by atoms with van der Waals surface area (Å²) in [6, 6.07) is 6.42. The Hall–Kier alpha value is -2.37. The van der Waals surface area contributed by atoms with Crippen LogP contribution in [0.1, 0.15) is 29.2 Å². The zero-order valence-electron chi connectivity index (χ0n) is 11.1. The summed E-state index contributed by atoms with van der Waals surface area (Å²) in [5.41, 5.74) is 0. The minimum absolute atomic E-state index is 0.0424. The molecule has 0 aliphatic heterocycles. The largest absolute Gasteiger partial charge is 0.483 e. The number of carbonyl (C=O) groups is 1. The molecule has 3 rings (SSSR count). The molecular formula is C15H13F2NO3. The van der Waals surface area contributed by atoms with Crippen molar-refractivity contribution >= 4 is 5.91 Å². The number of hydrogen-bond acceptors (Lipinski definition) is 3. The molecule has 21 heavy (non-hydrogen) atoms. The Kier molecular flexibility index (Phi) is 3.60. The van der Waals surface area contributed by atoms with Gasteiger partial charge in [-0.25, -0.2) is 8.78 Å². The lowest BCUT2D eigenvalue weighted by atomic mass is 10.3. The summed E-state index contributed by atoms with van der Waals surface area (Å²) in [4.78, 5) is 11.7. The molecule has 0 radical (unpaired) electrons. The highest BCUT2D eigenvalue weighted by atomic mass is 19.1. The predicted molar refractivity (Wildman–Crippen MR) is 69.9 cm³/mol. The molecule has 6 heteroatoms. The first-order valence-corrected chi connectivity index (χ1v) is 6.59. The van der Waals surface area contributed by atoms with Gasteiger partial charge < -0.3 is 14.5 Å². The molecule has 0 spiro atoms. The van der Waals surface area contributed by atoms with Crippen molar-refractivity contribution in [3.8, 4) is 5.75 Å². The van der Waals surface area contributed by atoms with Crippen LogP contribution >= 0.6 is 0 Å². The Bertz CT molecular complexity index is 665. The summed E-state index contributed by atoms with van der Waals surface area (Å²) in [5.74, 6) is -1.21. The molecule has 110 valence electrons. The first kappa shape index (κ1) is 13.6. The predicted octanol–water partition coefficient (Wildman–Crippen LogP) is 3.03. The first-order chi connectivity index (χ1) is 10.1. The number of benzene rings is 1. The number of furan rings is 1. The van der Waals surface area contributed by atoms with Crippen molar-refractivity contribution in [2.75, 3.05) is 0 Å². The standard InChI is InChI=1S/C15H13F2NO3/c16-9-1-5-13(12(17)7-9)20-8-11-4-6-14(21-11)15(19)18-10-2-3-10/h1,4-7,10H,2-3,8H2,(H,18,19). The van der Waals surface area contributed by atoms with E-state index >= 15 is 0 Å². The molecule has 1 aliphatic carbocycles. The van der Waals surface area contributed by atoms with Gasteiger partial charge in [-0.05, 0) is 37.1 Å². The third kappa shape index (κ3) is 3.39. The smallest absolute Gasteiger partial charge is 0.287 e. The molecule has 1 fully saturated rings. The third-order valence-corrected chi connectivity index (χ3v) is 3.06. The second kappa shape index (κ2) is 5.55. The van der Waals surface area contributed by atoms with Crippen LogP contribution in [0.3, 0.4) is 0 Å². The highest BCUT2D eigenvalue weighted by Gasteiger charge is 2.25. The maximum Gasteiger partial charge on any atom is 0.287 e. The molecule has 2 aromatic rings. The van der Waals surface area contributed by atoms with Crippen molar-refractivity contribution in [1.29, 1.82) is 0 Å². The van der Waals surface area contributed by atoms with Gasteiger partial charge in [0.05, 0.1) is 0 Å². The summed E-state index contributed by atoms with van der Waals surface area (Å²) in [6.07, 6.45) is 1.98. The number of rotatable bonds is 5. The van der Waals surface area contributed by atoms with Gasteiger partial charge in [0.25, 0.3) is 5.91 Å². The van der Waals surface area contributed by atoms with Gasteiger partial charge >= 0.3 is 0 Å². The summed E-state index contributed by atoms with van der Waals surface area (Å²) in [6.45, 7) is -0.0424. The van der Waals surface area contributed by atoms with Crippen molar-refractivity contribution in [3.63, 3.8) is 0 Å². The molecule has 1 amide bonds. The first-order valence-electron chi connectivity index (χ1n) is 6.59. The molecule has 1 saturated carbocycles. The topological polar surface area (TPSA) is 51.5 Å². The Morgan fingerprint density at radius 3 is 2.81 bits per heavy atom. The molecule has 1 N–H and O–H groups in total. The molecule has 0 atom stereocenters. The number of ether oxygens (including phenoxy) is 1. The Labute approximate surface area is 119 Å². The van der Waals surface area contributed by atoms with Crippen molar-refractivity contribution in [2.45, 2.75) is 25.5 Å². The third-order valence-electron chi connectivity index (χ3n) is 3.06. The summed E-state index contributed by atoms with van der Waals surface area (Å²) >= 11 is 0. The van der Waals surface area contributed by atoms with E-state index in [1.54, 1.807) is 6.07 Å². The summed E-state index contributed by atoms with van der Waals surface area (Å²) < 4.78 is 36.7. The average Bonchev–Trinajstić information content (AvgIpc) is 3.13. The van der Waals surface area contributed by atoms with Crippen LogP contribution in [0.4, 0.5) is 8.78 Å². The maximum atomic E-state index is 13.4. The van der Waals surface area contributed by atoms with Crippen LogP contribution in [-0.2, 0) is 6.61 Å². The molecule has 4 nitrogen and oxygen atoms in total. The summed E-state index contributed by atoms with van der Waals surface area (Å²) in [5, 5.41) is 2.80. The van der Waals surface area contributed by atoms with Gasteiger partial charge in [0, 0.05) is 12.1 Å². The van der Waals surface area contributed by atoms with E-state index in [9.17, 15) is 13.6 Å². The molecule has 1 aromatic carbocycles. The lowest BCUT2D eigenvalue weighted by molar-refractivity contribution is 0.0919. The highest BCUT2D eigenvalue weighted by molar-refractivity contribution is 5.91.